The third kappa shape index (κ3) is 11.1. The van der Waals surface area contributed by atoms with Crippen LogP contribution in [0, 0.1) is 0 Å². The summed E-state index contributed by atoms with van der Waals surface area (Å²) < 4.78 is 30.4. The monoisotopic (exact) mass is 910 g/mol. The Labute approximate surface area is 383 Å². The Kier molecular flexibility index (Phi) is 15.3. The molecule has 4 aliphatic heterocycles. The Morgan fingerprint density at radius 3 is 1.80 bits per heavy atom. The molecule has 1 N–H and O–H groups in total. The molecule has 2 saturated heterocycles. The average Bonchev–Trinajstić information content (AvgIpc) is 3.86. The smallest absolute Gasteiger partial charge is 0.257 e. The van der Waals surface area contributed by atoms with Gasteiger partial charge in [-0.05, 0) is 78.2 Å². The lowest BCUT2D eigenvalue weighted by Crippen LogP contribution is -2.35. The van der Waals surface area contributed by atoms with Crippen LogP contribution in [0.1, 0.15) is 98.3 Å². The number of methoxy groups -OCH3 is 2. The molecule has 5 heterocycles. The van der Waals surface area contributed by atoms with E-state index in [4.69, 9.17) is 38.7 Å². The number of pyridine rings is 1. The predicted octanol–water partition coefficient (Wildman–Crippen LogP) is 8.86. The molecule has 0 unspecified atom stereocenters. The fourth-order valence-electron chi connectivity index (χ4n) is 8.10. The lowest BCUT2D eigenvalue weighted by molar-refractivity contribution is -0.121. The van der Waals surface area contributed by atoms with Crippen molar-refractivity contribution in [2.45, 2.75) is 96.3 Å². The van der Waals surface area contributed by atoms with E-state index >= 15 is 0 Å². The van der Waals surface area contributed by atoms with Crippen molar-refractivity contribution in [3.05, 3.63) is 82.2 Å². The number of unbranched alkanes of at least 4 members (excludes halogenated alkanes) is 1. The van der Waals surface area contributed by atoms with Crippen LogP contribution in [-0.4, -0.2) is 108 Å². The SMILES string of the molecule is C/C=C1\C[C@H]2C=Nc3cc(OCc4cc(OCCCCNC(=O)CCC(C)(C)SSC)cc(COc5cc6c(cc5OC)C(=O)N5C/C(=C/C)C[C@H]5C=N6)n4)c(OC)cc3C(=O)N2C1. The molecule has 0 spiro atoms. The molecule has 2 fully saturated rings. The summed E-state index contributed by atoms with van der Waals surface area (Å²) in [6.07, 6.45) is 14.1. The Morgan fingerprint density at radius 2 is 1.31 bits per heavy atom. The number of hydrogen-bond acceptors (Lipinski definition) is 13. The largest absolute Gasteiger partial charge is 0.493 e. The van der Waals surface area contributed by atoms with Crippen LogP contribution in [0.2, 0.25) is 0 Å². The van der Waals surface area contributed by atoms with Crippen LogP contribution in [-0.2, 0) is 18.0 Å². The van der Waals surface area contributed by atoms with Gasteiger partial charge in [0.2, 0.25) is 5.91 Å². The second kappa shape index (κ2) is 21.0. The topological polar surface area (TPSA) is 153 Å². The molecule has 3 aromatic rings. The van der Waals surface area contributed by atoms with Gasteiger partial charge in [-0.15, -0.1) is 0 Å². The molecule has 16 heteroatoms. The maximum absolute atomic E-state index is 13.7. The van der Waals surface area contributed by atoms with Gasteiger partial charge in [0.05, 0.1) is 66.8 Å². The minimum absolute atomic E-state index is 0.0364. The van der Waals surface area contributed by atoms with Gasteiger partial charge in [-0.3, -0.25) is 29.4 Å². The summed E-state index contributed by atoms with van der Waals surface area (Å²) in [5.41, 5.74) is 5.45. The van der Waals surface area contributed by atoms with Gasteiger partial charge in [-0.1, -0.05) is 44.9 Å². The third-order valence-corrected chi connectivity index (χ3v) is 14.4. The van der Waals surface area contributed by atoms with E-state index in [0.717, 1.165) is 25.7 Å². The molecule has 0 saturated carbocycles. The molecule has 7 rings (SSSR count). The quantitative estimate of drug-likeness (QED) is 0.0697. The zero-order chi connectivity index (χ0) is 45.4. The highest BCUT2D eigenvalue weighted by Crippen LogP contribution is 2.41. The number of rotatable bonds is 19. The number of aromatic nitrogens is 1. The van der Waals surface area contributed by atoms with Gasteiger partial charge in [-0.2, -0.15) is 0 Å². The highest BCUT2D eigenvalue weighted by atomic mass is 33.1. The highest BCUT2D eigenvalue weighted by Gasteiger charge is 2.36. The number of benzene rings is 2. The Morgan fingerprint density at radius 1 is 0.781 bits per heavy atom. The normalized spacial score (nSPS) is 18.9. The Hall–Kier alpha value is -5.48. The van der Waals surface area contributed by atoms with Crippen LogP contribution >= 0.6 is 21.6 Å². The summed E-state index contributed by atoms with van der Waals surface area (Å²) >= 11 is 0. The molecule has 0 bridgehead atoms. The molecule has 4 aliphatic rings. The van der Waals surface area contributed by atoms with E-state index in [9.17, 15) is 14.4 Å². The first-order valence-corrected chi connectivity index (χ1v) is 24.3. The minimum Gasteiger partial charge on any atom is -0.493 e. The van der Waals surface area contributed by atoms with Crippen LogP contribution in [0.4, 0.5) is 11.4 Å². The van der Waals surface area contributed by atoms with Crippen molar-refractivity contribution in [1.29, 1.82) is 0 Å². The number of ether oxygens (including phenoxy) is 5. The van der Waals surface area contributed by atoms with Crippen molar-refractivity contribution >= 4 is 63.1 Å². The lowest BCUT2D eigenvalue weighted by Gasteiger charge is -2.21. The van der Waals surface area contributed by atoms with Gasteiger partial charge in [-0.25, -0.2) is 0 Å². The summed E-state index contributed by atoms with van der Waals surface area (Å²) in [5.74, 6) is 2.04. The Balaban J connectivity index is 1.06. The van der Waals surface area contributed by atoms with Crippen LogP contribution in [0.15, 0.2) is 69.7 Å². The van der Waals surface area contributed by atoms with Crippen molar-refractivity contribution in [2.24, 2.45) is 9.98 Å². The number of nitrogens with zero attached hydrogens (tertiary/aromatic N) is 5. The number of nitrogens with one attached hydrogen (secondary N) is 1. The fourth-order valence-corrected chi connectivity index (χ4v) is 10.3. The van der Waals surface area contributed by atoms with Gasteiger partial charge in [0.1, 0.15) is 19.0 Å². The molecule has 64 heavy (non-hydrogen) atoms. The van der Waals surface area contributed by atoms with Gasteiger partial charge < -0.3 is 38.8 Å². The highest BCUT2D eigenvalue weighted by molar-refractivity contribution is 8.76. The summed E-state index contributed by atoms with van der Waals surface area (Å²) in [5, 5.41) is 3.04. The maximum atomic E-state index is 13.7. The number of aliphatic imine (C=N–C) groups is 2. The predicted molar refractivity (Wildman–Crippen MR) is 254 cm³/mol. The number of hydrogen-bond donors (Lipinski definition) is 1. The standard InChI is InChI=1S/C48H58N6O8S2/c1-8-30-16-34-24-50-39-22-43(41(58-5)20-37(39)46(56)53(34)26-30)61-28-32-18-36(60-15-11-10-14-49-45(55)12-13-48(3,4)64-63-7)19-33(52-32)29-62-44-23-40-38(21-42(44)59-6)47(57)54-27-31(9-2)17-35(54)25-51-40/h8-9,18-25,34-35H,10-17,26-29H2,1-7H3,(H,49,55)/b30-8+,31-9+/t34-,35-/m0/s1. The van der Waals surface area contributed by atoms with Crippen molar-refractivity contribution in [3.63, 3.8) is 0 Å². The van der Waals surface area contributed by atoms with Crippen molar-refractivity contribution in [2.75, 3.05) is 46.7 Å². The van der Waals surface area contributed by atoms with Crippen LogP contribution in [0.25, 0.3) is 0 Å². The molecule has 14 nitrogen and oxygen atoms in total. The van der Waals surface area contributed by atoms with Crippen molar-refractivity contribution in [1.82, 2.24) is 20.1 Å². The molecule has 2 atom stereocenters. The molecule has 1 aromatic heterocycles. The lowest BCUT2D eigenvalue weighted by atomic mass is 10.1. The summed E-state index contributed by atoms with van der Waals surface area (Å²) in [7, 11) is 6.58. The summed E-state index contributed by atoms with van der Waals surface area (Å²) in [6.45, 7) is 10.5. The van der Waals surface area contributed by atoms with Crippen molar-refractivity contribution < 1.29 is 38.1 Å². The molecule has 3 amide bonds. The van der Waals surface area contributed by atoms with Crippen LogP contribution < -0.4 is 29.0 Å². The van der Waals surface area contributed by atoms with Crippen molar-refractivity contribution in [3.8, 4) is 28.7 Å². The molecule has 340 valence electrons. The first kappa shape index (κ1) is 46.5. The van der Waals surface area contributed by atoms with Gasteiger partial charge in [0.25, 0.3) is 11.8 Å². The third-order valence-electron chi connectivity index (χ3n) is 11.7. The van der Waals surface area contributed by atoms with Crippen LogP contribution in [0.5, 0.6) is 28.7 Å². The number of carbonyl (C=O) groups is 3. The molecular formula is C48H58N6O8S2. The second-order valence-electron chi connectivity index (χ2n) is 16.7. The zero-order valence-electron chi connectivity index (χ0n) is 37.7. The summed E-state index contributed by atoms with van der Waals surface area (Å²) in [4.78, 5) is 57.8. The van der Waals surface area contributed by atoms with E-state index in [-0.39, 0.29) is 47.8 Å². The van der Waals surface area contributed by atoms with E-state index in [1.165, 1.54) is 25.4 Å². The molecular weight excluding hydrogens is 853 g/mol. The fraction of sp³-hybridized carbons (Fsp3) is 0.458. The molecule has 2 aromatic carbocycles. The van der Waals surface area contributed by atoms with Gasteiger partial charge in [0, 0.05) is 67.5 Å². The molecule has 0 aliphatic carbocycles. The summed E-state index contributed by atoms with van der Waals surface area (Å²) in [6, 6.07) is 10.3. The Bertz CT molecular complexity index is 2230. The van der Waals surface area contributed by atoms with Crippen LogP contribution in [0.3, 0.4) is 0 Å². The number of allylic oxidation sites excluding steroid dienone is 2. The maximum Gasteiger partial charge on any atom is 0.257 e. The average molecular weight is 911 g/mol. The van der Waals surface area contributed by atoms with E-state index in [1.807, 2.05) is 48.2 Å². The number of carbonyl (C=O) groups excluding carboxylic acids is 3. The second-order valence-corrected chi connectivity index (χ2v) is 19.8. The van der Waals surface area contributed by atoms with Gasteiger partial charge >= 0.3 is 0 Å². The molecule has 0 radical (unpaired) electrons. The van der Waals surface area contributed by atoms with E-state index in [0.29, 0.717) is 102 Å². The van der Waals surface area contributed by atoms with Gasteiger partial charge in [0.15, 0.2) is 23.0 Å². The minimum atomic E-state index is -0.107. The number of amides is 3. The number of fused-ring (bicyclic) bond motifs is 4. The first-order chi connectivity index (χ1) is 30.9. The van der Waals surface area contributed by atoms with E-state index in [1.54, 1.807) is 45.9 Å². The van der Waals surface area contributed by atoms with E-state index in [2.05, 4.69) is 37.6 Å². The van der Waals surface area contributed by atoms with E-state index < -0.39 is 0 Å². The zero-order valence-corrected chi connectivity index (χ0v) is 39.4. The first-order valence-electron chi connectivity index (χ1n) is 21.7.